The lowest BCUT2D eigenvalue weighted by molar-refractivity contribution is -0.241. The summed E-state index contributed by atoms with van der Waals surface area (Å²) in [7, 11) is 1.20. The molecule has 1 aliphatic heterocycles. The summed E-state index contributed by atoms with van der Waals surface area (Å²) in [5, 5.41) is 0. The number of benzene rings is 1. The van der Waals surface area contributed by atoms with Gasteiger partial charge in [-0.2, -0.15) is 0 Å². The van der Waals surface area contributed by atoms with E-state index in [0.717, 1.165) is 5.56 Å². The number of rotatable bonds is 11. The Kier molecular flexibility index (Phi) is 11.4. The summed E-state index contributed by atoms with van der Waals surface area (Å²) in [6.45, 7) is 8.53. The summed E-state index contributed by atoms with van der Waals surface area (Å²) in [6, 6.07) is 9.30. The minimum Gasteiger partial charge on any atom is -0.467 e. The van der Waals surface area contributed by atoms with Gasteiger partial charge in [0.15, 0.2) is 18.3 Å². The third kappa shape index (κ3) is 8.60. The Bertz CT molecular complexity index is 896. The average Bonchev–Trinajstić information content (AvgIpc) is 2.83. The van der Waals surface area contributed by atoms with Crippen molar-refractivity contribution < 1.29 is 42.9 Å². The summed E-state index contributed by atoms with van der Waals surface area (Å²) >= 11 is 1.33. The van der Waals surface area contributed by atoms with Gasteiger partial charge in [0, 0.05) is 6.42 Å². The predicted molar refractivity (Wildman–Crippen MR) is 133 cm³/mol. The molecule has 5 atom stereocenters. The van der Waals surface area contributed by atoms with Gasteiger partial charge in [0.05, 0.1) is 25.6 Å². The fraction of sp³-hybridized carbons (Fsp3) is 0.615. The molecule has 1 aromatic rings. The van der Waals surface area contributed by atoms with E-state index in [1.54, 1.807) is 20.8 Å². The van der Waals surface area contributed by atoms with Crippen LogP contribution in [0.2, 0.25) is 0 Å². The normalized spacial score (nSPS) is 24.0. The third-order valence-corrected chi connectivity index (χ3v) is 6.39. The highest BCUT2D eigenvalue weighted by Crippen LogP contribution is 2.36. The molecule has 0 amide bonds. The second-order valence-corrected chi connectivity index (χ2v) is 10.8. The molecule has 9 nitrogen and oxygen atoms in total. The van der Waals surface area contributed by atoms with Crippen molar-refractivity contribution in [1.82, 2.24) is 0 Å². The Morgan fingerprint density at radius 3 is 2.19 bits per heavy atom. The number of ether oxygens (including phenoxy) is 5. The van der Waals surface area contributed by atoms with Crippen molar-refractivity contribution in [2.45, 2.75) is 83.9 Å². The molecule has 1 saturated heterocycles. The van der Waals surface area contributed by atoms with Gasteiger partial charge in [0.1, 0.15) is 17.3 Å². The van der Waals surface area contributed by atoms with E-state index >= 15 is 0 Å². The quantitative estimate of drug-likeness (QED) is 0.315. The lowest BCUT2D eigenvalue weighted by Gasteiger charge is -2.44. The highest BCUT2D eigenvalue weighted by atomic mass is 32.2. The number of thioether (sulfide) groups is 1. The first-order chi connectivity index (χ1) is 17.0. The van der Waals surface area contributed by atoms with Crippen LogP contribution in [0.4, 0.5) is 0 Å². The summed E-state index contributed by atoms with van der Waals surface area (Å²) in [6.07, 6.45) is -4.80. The van der Waals surface area contributed by atoms with E-state index in [4.69, 9.17) is 23.7 Å². The number of esters is 3. The van der Waals surface area contributed by atoms with E-state index in [1.165, 1.54) is 25.8 Å². The molecule has 1 fully saturated rings. The Morgan fingerprint density at radius 2 is 1.64 bits per heavy atom. The number of carbonyl (C=O) groups excluding carboxylic acids is 4. The number of carbonyl (C=O) groups is 4. The maximum absolute atomic E-state index is 12.9. The first kappa shape index (κ1) is 29.8. The maximum Gasteiger partial charge on any atom is 0.339 e. The molecule has 1 aliphatic rings. The van der Waals surface area contributed by atoms with Crippen LogP contribution in [0.1, 0.15) is 53.0 Å². The SMILES string of the molecule is CCSC1O[C@@H](C(=O)OC)[C@@H](OC(=O)CCC(C)=O)[C@H](OCc2ccccc2)[C@H]1OC(=O)C(C)(C)C. The minimum atomic E-state index is -1.31. The number of hydrogen-bond acceptors (Lipinski definition) is 10. The Labute approximate surface area is 216 Å². The van der Waals surface area contributed by atoms with Crippen LogP contribution in [0.25, 0.3) is 0 Å². The number of methoxy groups -OCH3 is 1. The highest BCUT2D eigenvalue weighted by Gasteiger charge is 2.54. The van der Waals surface area contributed by atoms with Crippen molar-refractivity contribution in [1.29, 1.82) is 0 Å². The fourth-order valence-corrected chi connectivity index (χ4v) is 4.34. The van der Waals surface area contributed by atoms with Crippen molar-refractivity contribution in [3.8, 4) is 0 Å². The van der Waals surface area contributed by atoms with Crippen LogP contribution in [0.3, 0.4) is 0 Å². The third-order valence-electron chi connectivity index (χ3n) is 5.35. The van der Waals surface area contributed by atoms with Gasteiger partial charge in [0.2, 0.25) is 0 Å². The fourth-order valence-electron chi connectivity index (χ4n) is 3.41. The molecular weight excluding hydrogens is 488 g/mol. The first-order valence-corrected chi connectivity index (χ1v) is 12.9. The number of Topliss-reactive ketones (excluding diaryl/α,β-unsaturated/α-hetero) is 1. The standard InChI is InChI=1S/C26H36O9S/c1-7-36-24-22(35-25(30)26(3,4)5)19(32-15-17-11-9-8-10-12-17)20(21(34-24)23(29)31-6)33-18(28)14-13-16(2)27/h8-12,19-22,24H,7,13-15H2,1-6H3/t19-,20-,21+,22+,24?/m0/s1. The van der Waals surface area contributed by atoms with E-state index in [9.17, 15) is 19.2 Å². The molecule has 1 aromatic carbocycles. The zero-order valence-corrected chi connectivity index (χ0v) is 22.5. The smallest absolute Gasteiger partial charge is 0.339 e. The van der Waals surface area contributed by atoms with Crippen molar-refractivity contribution in [2.24, 2.45) is 5.41 Å². The molecule has 0 radical (unpaired) electrons. The van der Waals surface area contributed by atoms with E-state index in [-0.39, 0.29) is 25.2 Å². The molecule has 10 heteroatoms. The van der Waals surface area contributed by atoms with E-state index in [1.807, 2.05) is 37.3 Å². The molecule has 200 valence electrons. The molecular formula is C26H36O9S. The summed E-state index contributed by atoms with van der Waals surface area (Å²) in [4.78, 5) is 49.6. The largest absolute Gasteiger partial charge is 0.467 e. The summed E-state index contributed by atoms with van der Waals surface area (Å²) in [5.74, 6) is -1.54. The van der Waals surface area contributed by atoms with Gasteiger partial charge in [-0.1, -0.05) is 37.3 Å². The van der Waals surface area contributed by atoms with Crippen LogP contribution >= 0.6 is 11.8 Å². The molecule has 1 heterocycles. The molecule has 0 bridgehead atoms. The molecule has 1 unspecified atom stereocenters. The van der Waals surface area contributed by atoms with Crippen LogP contribution in [-0.4, -0.2) is 66.4 Å². The first-order valence-electron chi connectivity index (χ1n) is 11.9. The lowest BCUT2D eigenvalue weighted by Crippen LogP contribution is -2.62. The zero-order valence-electron chi connectivity index (χ0n) is 21.7. The highest BCUT2D eigenvalue weighted by molar-refractivity contribution is 7.99. The second-order valence-electron chi connectivity index (χ2n) is 9.44. The van der Waals surface area contributed by atoms with E-state index < -0.39 is 53.2 Å². The van der Waals surface area contributed by atoms with Gasteiger partial charge in [-0.15, -0.1) is 11.8 Å². The monoisotopic (exact) mass is 524 g/mol. The molecule has 0 saturated carbocycles. The van der Waals surface area contributed by atoms with Crippen LogP contribution in [0, 0.1) is 5.41 Å². The summed E-state index contributed by atoms with van der Waals surface area (Å²) < 4.78 is 28.7. The molecule has 0 aliphatic carbocycles. The molecule has 0 spiro atoms. The lowest BCUT2D eigenvalue weighted by atomic mass is 9.95. The molecule has 2 rings (SSSR count). The topological polar surface area (TPSA) is 114 Å². The van der Waals surface area contributed by atoms with Gasteiger partial charge in [-0.25, -0.2) is 4.79 Å². The van der Waals surface area contributed by atoms with Crippen LogP contribution in [-0.2, 0) is 49.5 Å². The van der Waals surface area contributed by atoms with E-state index in [0.29, 0.717) is 5.75 Å². The van der Waals surface area contributed by atoms with Crippen LogP contribution in [0.15, 0.2) is 30.3 Å². The van der Waals surface area contributed by atoms with Gasteiger partial charge >= 0.3 is 17.9 Å². The van der Waals surface area contributed by atoms with Gasteiger partial charge < -0.3 is 28.5 Å². The van der Waals surface area contributed by atoms with Crippen LogP contribution in [0.5, 0.6) is 0 Å². The molecule has 36 heavy (non-hydrogen) atoms. The van der Waals surface area contributed by atoms with E-state index in [2.05, 4.69) is 0 Å². The van der Waals surface area contributed by atoms with Crippen molar-refractivity contribution in [3.63, 3.8) is 0 Å². The minimum absolute atomic E-state index is 0.0123. The number of ketones is 1. The Morgan fingerprint density at radius 1 is 0.972 bits per heavy atom. The maximum atomic E-state index is 12.9. The van der Waals surface area contributed by atoms with Crippen molar-refractivity contribution in [3.05, 3.63) is 35.9 Å². The predicted octanol–water partition coefficient (Wildman–Crippen LogP) is 3.46. The second kappa shape index (κ2) is 13.8. The van der Waals surface area contributed by atoms with Crippen molar-refractivity contribution >= 4 is 35.5 Å². The average molecular weight is 525 g/mol. The number of hydrogen-bond donors (Lipinski definition) is 0. The van der Waals surface area contributed by atoms with Gasteiger partial charge in [-0.3, -0.25) is 9.59 Å². The Balaban J connectivity index is 2.47. The van der Waals surface area contributed by atoms with Crippen LogP contribution < -0.4 is 0 Å². The van der Waals surface area contributed by atoms with Gasteiger partial charge in [-0.05, 0) is 39.0 Å². The molecule has 0 aromatic heterocycles. The van der Waals surface area contributed by atoms with Crippen molar-refractivity contribution in [2.75, 3.05) is 12.9 Å². The molecule has 0 N–H and O–H groups in total. The van der Waals surface area contributed by atoms with Gasteiger partial charge in [0.25, 0.3) is 0 Å². The summed E-state index contributed by atoms with van der Waals surface area (Å²) in [5.41, 5.74) is -0.766. The Hall–Kier alpha value is -2.43. The zero-order chi connectivity index (χ0) is 26.9.